The quantitative estimate of drug-likeness (QED) is 0.670. The highest BCUT2D eigenvalue weighted by Gasteiger charge is 2.38. The van der Waals surface area contributed by atoms with E-state index in [9.17, 15) is 9.59 Å². The van der Waals surface area contributed by atoms with E-state index in [1.165, 1.54) is 0 Å². The van der Waals surface area contributed by atoms with Crippen molar-refractivity contribution < 1.29 is 14.3 Å². The molecule has 8 heteroatoms. The van der Waals surface area contributed by atoms with Crippen LogP contribution in [0.5, 0.6) is 0 Å². The Morgan fingerprint density at radius 1 is 1.13 bits per heavy atom. The fourth-order valence-electron chi connectivity index (χ4n) is 4.82. The van der Waals surface area contributed by atoms with Crippen LogP contribution >= 0.6 is 0 Å². The zero-order valence-electron chi connectivity index (χ0n) is 18.3. The second kappa shape index (κ2) is 9.47. The van der Waals surface area contributed by atoms with Crippen LogP contribution in [0.15, 0.2) is 12.5 Å². The standard InChI is InChI=1S/C22H35N5O3/c1-24(22(29)20-14-23-16-25(20)2)10-11-27(18-7-12-30-13-8-18)19-4-3-9-26(15-19)21(28)17-5-6-17/h14,16-19H,3-13,15H2,1-2H3. The molecule has 2 saturated heterocycles. The van der Waals surface area contributed by atoms with Gasteiger partial charge in [0.15, 0.2) is 0 Å². The Hall–Kier alpha value is -1.93. The van der Waals surface area contributed by atoms with Crippen LogP contribution in [-0.2, 0) is 16.6 Å². The summed E-state index contributed by atoms with van der Waals surface area (Å²) in [5.41, 5.74) is 0.606. The van der Waals surface area contributed by atoms with Gasteiger partial charge >= 0.3 is 0 Å². The SMILES string of the molecule is CN(CCN(C1CCOCC1)C1CCCN(C(=O)C2CC2)C1)C(=O)c1cncn1C. The van der Waals surface area contributed by atoms with Crippen LogP contribution in [0.2, 0.25) is 0 Å². The Labute approximate surface area is 179 Å². The molecule has 1 unspecified atom stereocenters. The molecule has 1 saturated carbocycles. The molecule has 1 atom stereocenters. The molecule has 0 spiro atoms. The minimum Gasteiger partial charge on any atom is -0.381 e. The fraction of sp³-hybridized carbons (Fsp3) is 0.773. The highest BCUT2D eigenvalue weighted by atomic mass is 16.5. The first-order valence-corrected chi connectivity index (χ1v) is 11.4. The third-order valence-electron chi connectivity index (χ3n) is 6.84. The van der Waals surface area contributed by atoms with E-state index in [-0.39, 0.29) is 11.8 Å². The average molecular weight is 418 g/mol. The van der Waals surface area contributed by atoms with Gasteiger partial charge in [-0.2, -0.15) is 0 Å². The summed E-state index contributed by atoms with van der Waals surface area (Å²) in [6.07, 6.45) is 9.62. The van der Waals surface area contributed by atoms with E-state index in [1.54, 1.807) is 22.0 Å². The summed E-state index contributed by atoms with van der Waals surface area (Å²) >= 11 is 0. The zero-order chi connectivity index (χ0) is 21.1. The van der Waals surface area contributed by atoms with Gasteiger partial charge in [-0.05, 0) is 38.5 Å². The maximum atomic E-state index is 12.8. The van der Waals surface area contributed by atoms with Crippen LogP contribution < -0.4 is 0 Å². The minimum atomic E-state index is -0.00360. The fourth-order valence-corrected chi connectivity index (χ4v) is 4.82. The molecular formula is C22H35N5O3. The number of ether oxygens (including phenoxy) is 1. The van der Waals surface area contributed by atoms with Gasteiger partial charge < -0.3 is 19.1 Å². The molecule has 1 aromatic rings. The molecule has 3 heterocycles. The summed E-state index contributed by atoms with van der Waals surface area (Å²) in [6.45, 7) is 4.79. The lowest BCUT2D eigenvalue weighted by atomic mass is 9.98. The van der Waals surface area contributed by atoms with E-state index < -0.39 is 0 Å². The zero-order valence-corrected chi connectivity index (χ0v) is 18.3. The number of likely N-dealkylation sites (tertiary alicyclic amines) is 1. The number of piperidine rings is 1. The highest BCUT2D eigenvalue weighted by Crippen LogP contribution is 2.33. The van der Waals surface area contributed by atoms with Gasteiger partial charge in [-0.25, -0.2) is 4.98 Å². The molecule has 4 rings (SSSR count). The molecule has 0 bridgehead atoms. The number of hydrogen-bond acceptors (Lipinski definition) is 5. The maximum Gasteiger partial charge on any atom is 0.271 e. The Bertz CT molecular complexity index is 741. The van der Waals surface area contributed by atoms with Crippen LogP contribution in [0, 0.1) is 5.92 Å². The Morgan fingerprint density at radius 3 is 2.57 bits per heavy atom. The lowest BCUT2D eigenvalue weighted by Gasteiger charge is -2.44. The number of aromatic nitrogens is 2. The van der Waals surface area contributed by atoms with Gasteiger partial charge in [-0.15, -0.1) is 0 Å². The molecule has 0 N–H and O–H groups in total. The molecule has 3 aliphatic rings. The van der Waals surface area contributed by atoms with Crippen molar-refractivity contribution >= 4 is 11.8 Å². The number of amides is 2. The number of likely N-dealkylation sites (N-methyl/N-ethyl adjacent to an activating group) is 1. The molecular weight excluding hydrogens is 382 g/mol. The molecule has 3 fully saturated rings. The van der Waals surface area contributed by atoms with Crippen LogP contribution in [0.3, 0.4) is 0 Å². The van der Waals surface area contributed by atoms with Crippen molar-refractivity contribution in [2.24, 2.45) is 13.0 Å². The van der Waals surface area contributed by atoms with Crippen molar-refractivity contribution in [3.05, 3.63) is 18.2 Å². The molecule has 2 amide bonds. The highest BCUT2D eigenvalue weighted by molar-refractivity contribution is 5.92. The van der Waals surface area contributed by atoms with Gasteiger partial charge in [0.05, 0.1) is 12.5 Å². The van der Waals surface area contributed by atoms with Gasteiger partial charge in [0, 0.05) is 71.5 Å². The molecule has 0 radical (unpaired) electrons. The Morgan fingerprint density at radius 2 is 1.90 bits per heavy atom. The molecule has 0 aromatic carbocycles. The van der Waals surface area contributed by atoms with Crippen LogP contribution in [0.4, 0.5) is 0 Å². The Balaban J connectivity index is 1.41. The van der Waals surface area contributed by atoms with E-state index in [2.05, 4.69) is 14.8 Å². The summed E-state index contributed by atoms with van der Waals surface area (Å²) in [5.74, 6) is 0.633. The van der Waals surface area contributed by atoms with Crippen molar-refractivity contribution in [2.75, 3.05) is 46.4 Å². The van der Waals surface area contributed by atoms with Crippen molar-refractivity contribution in [2.45, 2.75) is 50.6 Å². The summed E-state index contributed by atoms with van der Waals surface area (Å²) in [6, 6.07) is 0.824. The van der Waals surface area contributed by atoms with Crippen molar-refractivity contribution in [3.8, 4) is 0 Å². The number of nitrogens with zero attached hydrogens (tertiary/aromatic N) is 5. The predicted molar refractivity (Wildman–Crippen MR) is 113 cm³/mol. The topological polar surface area (TPSA) is 70.9 Å². The van der Waals surface area contributed by atoms with Gasteiger partial charge in [0.25, 0.3) is 5.91 Å². The molecule has 1 aliphatic carbocycles. The number of rotatable bonds is 7. The number of imidazole rings is 1. The van der Waals surface area contributed by atoms with Crippen molar-refractivity contribution in [1.82, 2.24) is 24.3 Å². The van der Waals surface area contributed by atoms with E-state index in [0.717, 1.165) is 71.4 Å². The Kier molecular flexibility index (Phi) is 6.73. The van der Waals surface area contributed by atoms with Crippen molar-refractivity contribution in [1.29, 1.82) is 0 Å². The van der Waals surface area contributed by atoms with E-state index in [0.29, 0.717) is 30.2 Å². The number of carbonyl (C=O) groups excluding carboxylic acids is 2. The number of hydrogen-bond donors (Lipinski definition) is 0. The lowest BCUT2D eigenvalue weighted by molar-refractivity contribution is -0.135. The largest absolute Gasteiger partial charge is 0.381 e. The third kappa shape index (κ3) is 4.86. The predicted octanol–water partition coefficient (Wildman–Crippen LogP) is 1.37. The number of carbonyl (C=O) groups is 2. The normalized spacial score (nSPS) is 23.0. The molecule has 30 heavy (non-hydrogen) atoms. The van der Waals surface area contributed by atoms with E-state index in [1.807, 2.05) is 14.1 Å². The van der Waals surface area contributed by atoms with E-state index in [4.69, 9.17) is 4.74 Å². The van der Waals surface area contributed by atoms with Gasteiger partial charge in [0.2, 0.25) is 5.91 Å². The third-order valence-corrected chi connectivity index (χ3v) is 6.84. The minimum absolute atomic E-state index is 0.00360. The molecule has 1 aromatic heterocycles. The lowest BCUT2D eigenvalue weighted by Crippen LogP contribution is -2.55. The average Bonchev–Trinajstić information content (AvgIpc) is 3.54. The number of aryl methyl sites for hydroxylation is 1. The monoisotopic (exact) mass is 417 g/mol. The second-order valence-electron chi connectivity index (χ2n) is 9.05. The van der Waals surface area contributed by atoms with Crippen LogP contribution in [0.1, 0.15) is 49.0 Å². The van der Waals surface area contributed by atoms with E-state index >= 15 is 0 Å². The first-order valence-electron chi connectivity index (χ1n) is 11.4. The molecule has 8 nitrogen and oxygen atoms in total. The smallest absolute Gasteiger partial charge is 0.271 e. The molecule has 166 valence electrons. The maximum absolute atomic E-state index is 12.8. The van der Waals surface area contributed by atoms with Crippen LogP contribution in [0.25, 0.3) is 0 Å². The van der Waals surface area contributed by atoms with Gasteiger partial charge in [0.1, 0.15) is 5.69 Å². The van der Waals surface area contributed by atoms with Gasteiger partial charge in [-0.1, -0.05) is 0 Å². The first-order chi connectivity index (χ1) is 14.5. The van der Waals surface area contributed by atoms with Crippen LogP contribution in [-0.4, -0.2) is 94.6 Å². The summed E-state index contributed by atoms with van der Waals surface area (Å²) in [5, 5.41) is 0. The van der Waals surface area contributed by atoms with Gasteiger partial charge in [-0.3, -0.25) is 14.5 Å². The van der Waals surface area contributed by atoms with Crippen molar-refractivity contribution in [3.63, 3.8) is 0 Å². The summed E-state index contributed by atoms with van der Waals surface area (Å²) < 4.78 is 7.36. The first kappa shape index (κ1) is 21.3. The summed E-state index contributed by atoms with van der Waals surface area (Å²) in [7, 11) is 3.71. The summed E-state index contributed by atoms with van der Waals surface area (Å²) in [4.78, 5) is 36.0. The molecule has 2 aliphatic heterocycles. The second-order valence-corrected chi connectivity index (χ2v) is 9.05.